The Balaban J connectivity index is 1.44. The molecule has 1 aromatic carbocycles. The fourth-order valence-corrected chi connectivity index (χ4v) is 4.60. The predicted octanol–water partition coefficient (Wildman–Crippen LogP) is 2.43. The zero-order valence-electron chi connectivity index (χ0n) is 17.7. The molecule has 0 N–H and O–H groups in total. The van der Waals surface area contributed by atoms with Crippen LogP contribution in [0.2, 0.25) is 5.02 Å². The SMILES string of the molecule is CC(C)C[C@H]1C(=O)N2CCN(Cc3cnn(-c4ccccc4Cl)c3)C[C@@H]2C(=O)N1C. The van der Waals surface area contributed by atoms with Crippen molar-refractivity contribution in [3.8, 4) is 5.69 Å². The van der Waals surface area contributed by atoms with Gasteiger partial charge in [0.1, 0.15) is 12.1 Å². The maximum absolute atomic E-state index is 13.0. The number of carbonyl (C=O) groups is 2. The molecule has 2 fully saturated rings. The van der Waals surface area contributed by atoms with Gasteiger partial charge in [0, 0.05) is 45.0 Å². The Morgan fingerprint density at radius 2 is 1.93 bits per heavy atom. The van der Waals surface area contributed by atoms with Crippen molar-refractivity contribution in [3.63, 3.8) is 0 Å². The van der Waals surface area contributed by atoms with E-state index in [-0.39, 0.29) is 17.9 Å². The summed E-state index contributed by atoms with van der Waals surface area (Å²) in [6.07, 6.45) is 4.50. The van der Waals surface area contributed by atoms with Gasteiger partial charge in [0.25, 0.3) is 0 Å². The fraction of sp³-hybridized carbons (Fsp3) is 0.500. The second-order valence-corrected chi connectivity index (χ2v) is 9.03. The van der Waals surface area contributed by atoms with Crippen molar-refractivity contribution < 1.29 is 9.59 Å². The van der Waals surface area contributed by atoms with Gasteiger partial charge in [0.15, 0.2) is 0 Å². The van der Waals surface area contributed by atoms with Crippen LogP contribution < -0.4 is 0 Å². The lowest BCUT2D eigenvalue weighted by molar-refractivity contribution is -0.164. The van der Waals surface area contributed by atoms with Gasteiger partial charge in [-0.15, -0.1) is 0 Å². The van der Waals surface area contributed by atoms with E-state index in [1.807, 2.05) is 36.7 Å². The summed E-state index contributed by atoms with van der Waals surface area (Å²) in [6, 6.07) is 6.84. The molecular formula is C22H28ClN5O2. The quantitative estimate of drug-likeness (QED) is 0.732. The average molecular weight is 430 g/mol. The fourth-order valence-electron chi connectivity index (χ4n) is 4.38. The monoisotopic (exact) mass is 429 g/mol. The molecule has 7 nitrogen and oxygen atoms in total. The number of piperazine rings is 2. The van der Waals surface area contributed by atoms with Gasteiger partial charge >= 0.3 is 0 Å². The van der Waals surface area contributed by atoms with Crippen molar-refractivity contribution in [2.75, 3.05) is 26.7 Å². The van der Waals surface area contributed by atoms with Gasteiger partial charge in [-0.2, -0.15) is 5.10 Å². The molecule has 2 saturated heterocycles. The number of nitrogens with zero attached hydrogens (tertiary/aromatic N) is 5. The largest absolute Gasteiger partial charge is 0.332 e. The lowest BCUT2D eigenvalue weighted by Crippen LogP contribution is -2.69. The van der Waals surface area contributed by atoms with Crippen LogP contribution >= 0.6 is 11.6 Å². The molecule has 0 spiro atoms. The molecule has 2 aliphatic heterocycles. The molecule has 30 heavy (non-hydrogen) atoms. The van der Waals surface area contributed by atoms with Crippen molar-refractivity contribution in [1.82, 2.24) is 24.5 Å². The highest BCUT2D eigenvalue weighted by molar-refractivity contribution is 6.32. The van der Waals surface area contributed by atoms with E-state index in [2.05, 4.69) is 23.8 Å². The molecule has 2 aromatic rings. The van der Waals surface area contributed by atoms with Crippen molar-refractivity contribution in [2.45, 2.75) is 38.9 Å². The van der Waals surface area contributed by atoms with Crippen LogP contribution in [0.3, 0.4) is 0 Å². The number of rotatable bonds is 5. The number of benzene rings is 1. The number of likely N-dealkylation sites (N-methyl/N-ethyl adjacent to an activating group) is 1. The van der Waals surface area contributed by atoms with Crippen LogP contribution in [0.15, 0.2) is 36.7 Å². The highest BCUT2D eigenvalue weighted by atomic mass is 35.5. The van der Waals surface area contributed by atoms with E-state index in [0.717, 1.165) is 17.8 Å². The molecule has 2 aliphatic rings. The van der Waals surface area contributed by atoms with Crippen molar-refractivity contribution >= 4 is 23.4 Å². The van der Waals surface area contributed by atoms with Crippen molar-refractivity contribution in [3.05, 3.63) is 47.2 Å². The number of aromatic nitrogens is 2. The molecular weight excluding hydrogens is 402 g/mol. The molecule has 160 valence electrons. The van der Waals surface area contributed by atoms with Gasteiger partial charge in [-0.25, -0.2) is 4.68 Å². The highest BCUT2D eigenvalue weighted by Crippen LogP contribution is 2.26. The number of amides is 2. The van der Waals surface area contributed by atoms with E-state index < -0.39 is 6.04 Å². The molecule has 1 aromatic heterocycles. The number of carbonyl (C=O) groups excluding carboxylic acids is 2. The Morgan fingerprint density at radius 1 is 1.17 bits per heavy atom. The predicted molar refractivity (Wildman–Crippen MR) is 115 cm³/mol. The number of hydrogen-bond donors (Lipinski definition) is 0. The second-order valence-electron chi connectivity index (χ2n) is 8.62. The van der Waals surface area contributed by atoms with Crippen LogP contribution in [0, 0.1) is 5.92 Å². The standard InChI is InChI=1S/C22H28ClN5O2/c1-15(2)10-19-22(30)27-9-8-26(14-20(27)21(29)25(19)3)12-16-11-24-28(13-16)18-7-5-4-6-17(18)23/h4-7,11,13,15,19-20H,8-10,12,14H2,1-3H3/t19-,20+/m0/s1. The molecule has 8 heteroatoms. The zero-order chi connectivity index (χ0) is 21.4. The normalized spacial score (nSPS) is 22.7. The van der Waals surface area contributed by atoms with E-state index in [1.165, 1.54) is 0 Å². The van der Waals surface area contributed by atoms with E-state index in [4.69, 9.17) is 11.6 Å². The number of hydrogen-bond acceptors (Lipinski definition) is 4. The van der Waals surface area contributed by atoms with Gasteiger partial charge < -0.3 is 9.80 Å². The van der Waals surface area contributed by atoms with Gasteiger partial charge in [-0.05, 0) is 24.5 Å². The maximum atomic E-state index is 13.0. The van der Waals surface area contributed by atoms with Gasteiger partial charge in [-0.3, -0.25) is 14.5 Å². The summed E-state index contributed by atoms with van der Waals surface area (Å²) in [4.78, 5) is 31.7. The van der Waals surface area contributed by atoms with Crippen LogP contribution in [-0.2, 0) is 16.1 Å². The third-order valence-electron chi connectivity index (χ3n) is 5.97. The summed E-state index contributed by atoms with van der Waals surface area (Å²) in [7, 11) is 1.76. The average Bonchev–Trinajstić information content (AvgIpc) is 3.18. The third kappa shape index (κ3) is 3.96. The smallest absolute Gasteiger partial charge is 0.247 e. The highest BCUT2D eigenvalue weighted by Gasteiger charge is 2.46. The van der Waals surface area contributed by atoms with Gasteiger partial charge in [0.05, 0.1) is 16.9 Å². The molecule has 0 bridgehead atoms. The van der Waals surface area contributed by atoms with E-state index >= 15 is 0 Å². The van der Waals surface area contributed by atoms with Crippen LogP contribution in [-0.4, -0.2) is 75.1 Å². The van der Waals surface area contributed by atoms with E-state index in [1.54, 1.807) is 21.5 Å². The summed E-state index contributed by atoms with van der Waals surface area (Å²) < 4.78 is 1.77. The summed E-state index contributed by atoms with van der Waals surface area (Å²) in [5.41, 5.74) is 1.88. The zero-order valence-corrected chi connectivity index (χ0v) is 18.4. The first kappa shape index (κ1) is 20.9. The van der Waals surface area contributed by atoms with Crippen molar-refractivity contribution in [2.24, 2.45) is 5.92 Å². The Hall–Kier alpha value is -2.38. The molecule has 0 aliphatic carbocycles. The molecule has 0 unspecified atom stereocenters. The van der Waals surface area contributed by atoms with E-state index in [9.17, 15) is 9.59 Å². The molecule has 4 rings (SSSR count). The topological polar surface area (TPSA) is 61.7 Å². The molecule has 0 radical (unpaired) electrons. The van der Waals surface area contributed by atoms with Crippen LogP contribution in [0.5, 0.6) is 0 Å². The first-order valence-electron chi connectivity index (χ1n) is 10.4. The summed E-state index contributed by atoms with van der Waals surface area (Å²) in [5, 5.41) is 5.08. The molecule has 2 amide bonds. The second kappa shape index (κ2) is 8.40. The Bertz CT molecular complexity index is 943. The minimum absolute atomic E-state index is 0.0386. The van der Waals surface area contributed by atoms with Crippen LogP contribution in [0.25, 0.3) is 5.69 Å². The number of para-hydroxylation sites is 1. The van der Waals surface area contributed by atoms with Crippen LogP contribution in [0.4, 0.5) is 0 Å². The Kier molecular flexibility index (Phi) is 5.84. The third-order valence-corrected chi connectivity index (χ3v) is 6.29. The number of halogens is 1. The minimum Gasteiger partial charge on any atom is -0.332 e. The van der Waals surface area contributed by atoms with Gasteiger partial charge in [-0.1, -0.05) is 37.6 Å². The summed E-state index contributed by atoms with van der Waals surface area (Å²) >= 11 is 6.27. The van der Waals surface area contributed by atoms with Gasteiger partial charge in [0.2, 0.25) is 11.8 Å². The Labute approximate surface area is 182 Å². The van der Waals surface area contributed by atoms with Crippen LogP contribution in [0.1, 0.15) is 25.8 Å². The lowest BCUT2D eigenvalue weighted by Gasteiger charge is -2.48. The number of fused-ring (bicyclic) bond motifs is 1. The summed E-state index contributed by atoms with van der Waals surface area (Å²) in [5.74, 6) is 0.486. The molecule has 2 atom stereocenters. The minimum atomic E-state index is -0.404. The summed E-state index contributed by atoms with van der Waals surface area (Å²) in [6.45, 7) is 6.70. The lowest BCUT2D eigenvalue weighted by atomic mass is 9.95. The first-order chi connectivity index (χ1) is 14.3. The molecule has 3 heterocycles. The van der Waals surface area contributed by atoms with E-state index in [0.29, 0.717) is 37.0 Å². The molecule has 0 saturated carbocycles. The first-order valence-corrected chi connectivity index (χ1v) is 10.8. The van der Waals surface area contributed by atoms with Crippen molar-refractivity contribution in [1.29, 1.82) is 0 Å². The maximum Gasteiger partial charge on any atom is 0.247 e. The Morgan fingerprint density at radius 3 is 2.67 bits per heavy atom.